The summed E-state index contributed by atoms with van der Waals surface area (Å²) in [5, 5.41) is 0. The molecule has 12 heteroatoms. The van der Waals surface area contributed by atoms with Gasteiger partial charge in [0.1, 0.15) is 0 Å². The van der Waals surface area contributed by atoms with Crippen LogP contribution in [0.4, 0.5) is 5.69 Å². The number of aliphatic imine (C=N–C) groups is 1. The van der Waals surface area contributed by atoms with Gasteiger partial charge >= 0.3 is 17.9 Å². The Bertz CT molecular complexity index is 1630. The van der Waals surface area contributed by atoms with E-state index >= 15 is 0 Å². The maximum absolute atomic E-state index is 13.9. The van der Waals surface area contributed by atoms with Gasteiger partial charge in [-0.3, -0.25) is 9.71 Å². The van der Waals surface area contributed by atoms with Gasteiger partial charge in [0.25, 0.3) is 15.6 Å². The number of ether oxygens (including phenoxy) is 3. The molecule has 0 aliphatic carbocycles. The van der Waals surface area contributed by atoms with Crippen LogP contribution in [0.3, 0.4) is 0 Å². The third kappa shape index (κ3) is 7.61. The number of benzene rings is 3. The fourth-order valence-electron chi connectivity index (χ4n) is 4.37. The molecule has 0 spiro atoms. The summed E-state index contributed by atoms with van der Waals surface area (Å²) in [5.41, 5.74) is -1.25. The number of rotatable bonds is 13. The van der Waals surface area contributed by atoms with Crippen molar-refractivity contribution in [2.75, 3.05) is 25.0 Å². The van der Waals surface area contributed by atoms with Gasteiger partial charge in [0.05, 0.1) is 36.8 Å². The third-order valence-corrected chi connectivity index (χ3v) is 8.44. The molecule has 3 rings (SSSR count). The van der Waals surface area contributed by atoms with Gasteiger partial charge in [-0.25, -0.2) is 22.8 Å². The number of para-hydroxylation sites is 1. The van der Waals surface area contributed by atoms with Crippen molar-refractivity contribution < 1.29 is 37.0 Å². The van der Waals surface area contributed by atoms with Crippen molar-refractivity contribution in [1.29, 1.82) is 0 Å². The number of sulfonamides is 1. The summed E-state index contributed by atoms with van der Waals surface area (Å²) in [7, 11) is -2.88. The van der Waals surface area contributed by atoms with E-state index in [1.54, 1.807) is 68.4 Å². The highest BCUT2D eigenvalue weighted by Gasteiger charge is 2.58. The van der Waals surface area contributed by atoms with Crippen LogP contribution in [0.1, 0.15) is 36.5 Å². The summed E-state index contributed by atoms with van der Waals surface area (Å²) in [4.78, 5) is 45.1. The zero-order valence-corrected chi connectivity index (χ0v) is 27.1. The number of aryl methyl sites for hydroxylation is 1. The van der Waals surface area contributed by atoms with E-state index in [2.05, 4.69) is 32.2 Å². The lowest BCUT2D eigenvalue weighted by atomic mass is 9.74. The van der Waals surface area contributed by atoms with E-state index in [1.807, 2.05) is 6.92 Å². The highest BCUT2D eigenvalue weighted by molar-refractivity contribution is 9.10. The lowest BCUT2D eigenvalue weighted by Gasteiger charge is -2.34. The Kier molecular flexibility index (Phi) is 11.6. The zero-order chi connectivity index (χ0) is 32.5. The number of halogens is 1. The van der Waals surface area contributed by atoms with Crippen LogP contribution in [0.15, 0.2) is 99.3 Å². The van der Waals surface area contributed by atoms with Crippen molar-refractivity contribution >= 4 is 55.8 Å². The summed E-state index contributed by atoms with van der Waals surface area (Å²) >= 11 is 3.36. The summed E-state index contributed by atoms with van der Waals surface area (Å²) in [6.07, 6.45) is 1.16. The average molecular weight is 686 g/mol. The molecule has 0 aliphatic heterocycles. The van der Waals surface area contributed by atoms with Crippen molar-refractivity contribution in [3.63, 3.8) is 0 Å². The monoisotopic (exact) mass is 684 g/mol. The van der Waals surface area contributed by atoms with Crippen LogP contribution in [0.5, 0.6) is 0 Å². The number of nitrogens with zero attached hydrogens (tertiary/aromatic N) is 1. The molecule has 10 nitrogen and oxygen atoms in total. The number of hydrogen-bond acceptors (Lipinski definition) is 9. The first-order valence-corrected chi connectivity index (χ1v) is 15.8. The van der Waals surface area contributed by atoms with Crippen LogP contribution in [-0.4, -0.2) is 58.4 Å². The first kappa shape index (κ1) is 34.2. The van der Waals surface area contributed by atoms with E-state index in [1.165, 1.54) is 18.2 Å². The number of anilines is 1. The summed E-state index contributed by atoms with van der Waals surface area (Å²) in [6, 6.07) is 19.1. The zero-order valence-electron chi connectivity index (χ0n) is 24.7. The molecule has 0 aromatic heterocycles. The molecule has 0 fully saturated rings. The normalized spacial score (nSPS) is 12.3. The largest absolute Gasteiger partial charge is 0.466 e. The Morgan fingerprint density at radius 2 is 1.52 bits per heavy atom. The lowest BCUT2D eigenvalue weighted by molar-refractivity contribution is -0.164. The van der Waals surface area contributed by atoms with Gasteiger partial charge in [0.15, 0.2) is 0 Å². The molecule has 3 aromatic rings. The van der Waals surface area contributed by atoms with Gasteiger partial charge in [-0.2, -0.15) is 0 Å². The summed E-state index contributed by atoms with van der Waals surface area (Å²) in [5.74, 6) is -4.54. The Labute approximate surface area is 265 Å². The Balaban J connectivity index is 2.28. The number of carbonyl (C=O) groups is 3. The number of esters is 3. The molecule has 0 saturated carbocycles. The Morgan fingerprint density at radius 1 is 0.955 bits per heavy atom. The Morgan fingerprint density at radius 3 is 2.07 bits per heavy atom. The van der Waals surface area contributed by atoms with Crippen LogP contribution < -0.4 is 4.72 Å². The van der Waals surface area contributed by atoms with Crippen LogP contribution in [0, 0.1) is 6.92 Å². The van der Waals surface area contributed by atoms with E-state index in [0.29, 0.717) is 10.0 Å². The minimum absolute atomic E-state index is 0.0342. The van der Waals surface area contributed by atoms with Crippen LogP contribution in [0.25, 0.3) is 0 Å². The first-order chi connectivity index (χ1) is 20.9. The molecule has 0 aliphatic rings. The molecule has 3 aromatic carbocycles. The van der Waals surface area contributed by atoms with Crippen LogP contribution >= 0.6 is 15.9 Å². The number of hydrogen-bond donors (Lipinski definition) is 1. The SMILES string of the molecule is C=C(C(=O)OC)[C@H](c1ccc(Br)cc1)C(N=Cc1ccccc1NS(=O)(=O)c1ccc(C)cc1)(C(=O)OCC)C(=O)OCC. The molecular weight excluding hydrogens is 652 g/mol. The maximum atomic E-state index is 13.9. The molecule has 0 bridgehead atoms. The molecule has 0 saturated heterocycles. The minimum Gasteiger partial charge on any atom is -0.466 e. The molecule has 0 unspecified atom stereocenters. The predicted molar refractivity (Wildman–Crippen MR) is 170 cm³/mol. The standard InChI is InChI=1S/C32H33BrN2O8S/c1-6-42-30(37)32(31(38)43-7-2,28(22(4)29(36)41-5)23-14-16-25(33)17-15-23)34-20-24-10-8-9-11-27(24)35-44(39,40)26-18-12-21(3)13-19-26/h8-20,28,35H,4,6-7H2,1-3,5H3/t28-/m1/s1. The maximum Gasteiger partial charge on any atom is 0.346 e. The van der Waals surface area contributed by atoms with Crippen molar-refractivity contribution in [3.05, 3.63) is 106 Å². The van der Waals surface area contributed by atoms with Crippen LogP contribution in [0.2, 0.25) is 0 Å². The van der Waals surface area contributed by atoms with Gasteiger partial charge in [0.2, 0.25) is 0 Å². The second kappa shape index (κ2) is 14.9. The van der Waals surface area contributed by atoms with Gasteiger partial charge in [-0.15, -0.1) is 0 Å². The summed E-state index contributed by atoms with van der Waals surface area (Å²) < 4.78 is 45.3. The number of methoxy groups -OCH3 is 1. The molecule has 0 amide bonds. The average Bonchev–Trinajstić information content (AvgIpc) is 3.00. The quantitative estimate of drug-likeness (QED) is 0.0836. The van der Waals surface area contributed by atoms with E-state index in [9.17, 15) is 22.8 Å². The lowest BCUT2D eigenvalue weighted by Crippen LogP contribution is -2.53. The fraction of sp³-hybridized carbons (Fsp3) is 0.250. The van der Waals surface area contributed by atoms with E-state index in [-0.39, 0.29) is 34.9 Å². The van der Waals surface area contributed by atoms with Gasteiger partial charge < -0.3 is 14.2 Å². The highest BCUT2D eigenvalue weighted by atomic mass is 79.9. The van der Waals surface area contributed by atoms with Gasteiger partial charge in [-0.1, -0.05) is 70.5 Å². The first-order valence-electron chi connectivity index (χ1n) is 13.5. The van der Waals surface area contributed by atoms with Crippen molar-refractivity contribution in [1.82, 2.24) is 0 Å². The van der Waals surface area contributed by atoms with Gasteiger partial charge in [0, 0.05) is 21.8 Å². The molecule has 0 heterocycles. The minimum atomic E-state index is -4.02. The third-order valence-electron chi connectivity index (χ3n) is 6.53. The molecular formula is C32H33BrN2O8S. The van der Waals surface area contributed by atoms with Gasteiger partial charge in [-0.05, 0) is 56.7 Å². The molecule has 232 valence electrons. The van der Waals surface area contributed by atoms with Crippen LogP contribution in [-0.2, 0) is 38.6 Å². The molecule has 1 N–H and O–H groups in total. The molecule has 1 atom stereocenters. The topological polar surface area (TPSA) is 137 Å². The molecule has 44 heavy (non-hydrogen) atoms. The van der Waals surface area contributed by atoms with Crippen molar-refractivity contribution in [2.45, 2.75) is 37.1 Å². The van der Waals surface area contributed by atoms with E-state index < -0.39 is 39.4 Å². The highest BCUT2D eigenvalue weighted by Crippen LogP contribution is 2.41. The predicted octanol–water partition coefficient (Wildman–Crippen LogP) is 5.36. The van der Waals surface area contributed by atoms with E-state index in [0.717, 1.165) is 18.9 Å². The fourth-order valence-corrected chi connectivity index (χ4v) is 5.73. The van der Waals surface area contributed by atoms with E-state index in [4.69, 9.17) is 14.2 Å². The molecule has 0 radical (unpaired) electrons. The van der Waals surface area contributed by atoms with Crippen molar-refractivity contribution in [2.24, 2.45) is 4.99 Å². The summed E-state index contributed by atoms with van der Waals surface area (Å²) in [6.45, 7) is 8.56. The second-order valence-electron chi connectivity index (χ2n) is 9.47. The second-order valence-corrected chi connectivity index (χ2v) is 12.1. The number of carbonyl (C=O) groups excluding carboxylic acids is 3. The number of nitrogens with one attached hydrogen (secondary N) is 1. The smallest absolute Gasteiger partial charge is 0.346 e. The Hall–Kier alpha value is -4.29. The van der Waals surface area contributed by atoms with Crippen molar-refractivity contribution in [3.8, 4) is 0 Å².